The molecule has 0 amide bonds. The standard InChI is InChI=1S/C47H84O11/c1-3-5-7-9-11-13-15-17-18-19-20-21-22-24-25-27-29-31-33-35-40(48)55-37-39(38-56-47-44(52)42(50)43(51)45(58-47)46(53)54)57-41(49)36-34-32-30-28-26-23-16-14-12-10-8-6-4-2/h11,13,17-18,39,42-45,47,50-52H,3-10,12,14-16,19-38H2,1-2H3,(H,53,54)/b13-11-,18-17-. The third-order valence-electron chi connectivity index (χ3n) is 10.8. The molecule has 0 saturated carbocycles. The lowest BCUT2D eigenvalue weighted by molar-refractivity contribution is -0.298. The van der Waals surface area contributed by atoms with Crippen LogP contribution in [0.25, 0.3) is 0 Å². The summed E-state index contributed by atoms with van der Waals surface area (Å²) in [6, 6.07) is 0. The first-order valence-corrected chi connectivity index (χ1v) is 23.4. The fourth-order valence-electron chi connectivity index (χ4n) is 7.09. The highest BCUT2D eigenvalue weighted by Crippen LogP contribution is 2.23. The molecule has 0 aromatic rings. The molecule has 4 N–H and O–H groups in total. The number of carboxylic acid groups (broad SMARTS) is 1. The van der Waals surface area contributed by atoms with Crippen LogP contribution >= 0.6 is 0 Å². The van der Waals surface area contributed by atoms with E-state index >= 15 is 0 Å². The number of carbonyl (C=O) groups is 3. The number of esters is 2. The van der Waals surface area contributed by atoms with Crippen molar-refractivity contribution < 1.29 is 53.8 Å². The number of unbranched alkanes of at least 4 members (excludes halogenated alkanes) is 24. The van der Waals surface area contributed by atoms with Gasteiger partial charge in [0.1, 0.15) is 24.9 Å². The molecule has 338 valence electrons. The fourth-order valence-corrected chi connectivity index (χ4v) is 7.09. The largest absolute Gasteiger partial charge is 0.479 e. The van der Waals surface area contributed by atoms with Crippen LogP contribution in [0.5, 0.6) is 0 Å². The molecule has 1 fully saturated rings. The minimum Gasteiger partial charge on any atom is -0.479 e. The molecule has 58 heavy (non-hydrogen) atoms. The van der Waals surface area contributed by atoms with Crippen LogP contribution in [-0.4, -0.2) is 88.4 Å². The van der Waals surface area contributed by atoms with Gasteiger partial charge in [-0.25, -0.2) is 4.79 Å². The van der Waals surface area contributed by atoms with Crippen LogP contribution in [0, 0.1) is 0 Å². The average molecular weight is 825 g/mol. The zero-order chi connectivity index (χ0) is 42.5. The van der Waals surface area contributed by atoms with Gasteiger partial charge in [-0.2, -0.15) is 0 Å². The summed E-state index contributed by atoms with van der Waals surface area (Å²) in [5.74, 6) is -2.44. The van der Waals surface area contributed by atoms with Gasteiger partial charge in [0.2, 0.25) is 0 Å². The first-order chi connectivity index (χ1) is 28.2. The summed E-state index contributed by atoms with van der Waals surface area (Å²) in [4.78, 5) is 36.8. The van der Waals surface area contributed by atoms with Gasteiger partial charge >= 0.3 is 17.9 Å². The van der Waals surface area contributed by atoms with E-state index in [0.29, 0.717) is 12.8 Å². The molecule has 1 saturated heterocycles. The van der Waals surface area contributed by atoms with Crippen molar-refractivity contribution in [3.8, 4) is 0 Å². The summed E-state index contributed by atoms with van der Waals surface area (Å²) in [7, 11) is 0. The average Bonchev–Trinajstić information content (AvgIpc) is 3.21. The Bertz CT molecular complexity index is 1060. The lowest BCUT2D eigenvalue weighted by atomic mass is 9.99. The van der Waals surface area contributed by atoms with Crippen LogP contribution in [0.3, 0.4) is 0 Å². The Hall–Kier alpha value is -2.31. The molecule has 6 unspecified atom stereocenters. The molecule has 0 bridgehead atoms. The lowest BCUT2D eigenvalue weighted by Gasteiger charge is -2.38. The predicted molar refractivity (Wildman–Crippen MR) is 229 cm³/mol. The van der Waals surface area contributed by atoms with E-state index in [-0.39, 0.29) is 26.1 Å². The molecule has 0 aromatic carbocycles. The van der Waals surface area contributed by atoms with Crippen molar-refractivity contribution in [3.05, 3.63) is 24.3 Å². The molecular weight excluding hydrogens is 741 g/mol. The summed E-state index contributed by atoms with van der Waals surface area (Å²) in [5.41, 5.74) is 0. The topological polar surface area (TPSA) is 169 Å². The van der Waals surface area contributed by atoms with Crippen LogP contribution in [0.2, 0.25) is 0 Å². The summed E-state index contributed by atoms with van der Waals surface area (Å²) >= 11 is 0. The van der Waals surface area contributed by atoms with Gasteiger partial charge in [-0.15, -0.1) is 0 Å². The quantitative estimate of drug-likeness (QED) is 0.0264. The number of aliphatic hydroxyl groups excluding tert-OH is 3. The molecule has 6 atom stereocenters. The highest BCUT2D eigenvalue weighted by molar-refractivity contribution is 5.73. The maximum absolute atomic E-state index is 12.8. The van der Waals surface area contributed by atoms with Crippen LogP contribution in [0.15, 0.2) is 24.3 Å². The smallest absolute Gasteiger partial charge is 0.335 e. The van der Waals surface area contributed by atoms with E-state index in [0.717, 1.165) is 51.4 Å². The minimum absolute atomic E-state index is 0.186. The second kappa shape index (κ2) is 37.7. The maximum Gasteiger partial charge on any atom is 0.335 e. The third kappa shape index (κ3) is 29.0. The lowest BCUT2D eigenvalue weighted by Crippen LogP contribution is -2.60. The Balaban J connectivity index is 2.33. The summed E-state index contributed by atoms with van der Waals surface area (Å²) in [6.45, 7) is 3.79. The third-order valence-corrected chi connectivity index (χ3v) is 10.8. The number of hydrogen-bond acceptors (Lipinski definition) is 10. The van der Waals surface area contributed by atoms with Crippen LogP contribution < -0.4 is 0 Å². The van der Waals surface area contributed by atoms with Gasteiger partial charge in [-0.3, -0.25) is 9.59 Å². The first kappa shape index (κ1) is 53.7. The van der Waals surface area contributed by atoms with Gasteiger partial charge in [-0.05, 0) is 44.9 Å². The van der Waals surface area contributed by atoms with Gasteiger partial charge in [0.15, 0.2) is 18.5 Å². The monoisotopic (exact) mass is 825 g/mol. The second-order valence-electron chi connectivity index (χ2n) is 16.3. The molecule has 11 nitrogen and oxygen atoms in total. The molecule has 1 heterocycles. The van der Waals surface area contributed by atoms with Gasteiger partial charge in [0.05, 0.1) is 6.61 Å². The van der Waals surface area contributed by atoms with Gasteiger partial charge in [0.25, 0.3) is 0 Å². The van der Waals surface area contributed by atoms with Crippen molar-refractivity contribution in [1.29, 1.82) is 0 Å². The number of carboxylic acids is 1. The molecule has 0 radical (unpaired) electrons. The highest BCUT2D eigenvalue weighted by atomic mass is 16.7. The number of hydrogen-bond donors (Lipinski definition) is 4. The second-order valence-corrected chi connectivity index (χ2v) is 16.3. The van der Waals surface area contributed by atoms with E-state index in [1.165, 1.54) is 116 Å². The normalized spacial score (nSPS) is 20.2. The van der Waals surface area contributed by atoms with E-state index in [1.807, 2.05) is 0 Å². The number of rotatable bonds is 39. The molecule has 1 rings (SSSR count). The Kier molecular flexibility index (Phi) is 34.9. The van der Waals surface area contributed by atoms with E-state index in [4.69, 9.17) is 18.9 Å². The SMILES string of the molecule is CCCCC/C=C\C/C=C\CCCCCCCCCCCC(=O)OCC(COC1OC(C(=O)O)C(O)C(O)C1O)OC(=O)CCCCCCCCCCCCCCC. The molecular formula is C47H84O11. The van der Waals surface area contributed by atoms with Crippen molar-refractivity contribution in [3.63, 3.8) is 0 Å². The fraction of sp³-hybridized carbons (Fsp3) is 0.851. The summed E-state index contributed by atoms with van der Waals surface area (Å²) in [5, 5.41) is 39.8. The minimum atomic E-state index is -1.86. The number of aliphatic carboxylic acids is 1. The zero-order valence-electron chi connectivity index (χ0n) is 36.5. The van der Waals surface area contributed by atoms with E-state index in [2.05, 4.69) is 38.2 Å². The molecule has 0 spiro atoms. The Morgan fingerprint density at radius 3 is 1.47 bits per heavy atom. The van der Waals surface area contributed by atoms with Gasteiger partial charge in [0, 0.05) is 12.8 Å². The van der Waals surface area contributed by atoms with Crippen molar-refractivity contribution >= 4 is 17.9 Å². The number of ether oxygens (including phenoxy) is 4. The molecule has 1 aliphatic heterocycles. The Morgan fingerprint density at radius 1 is 0.534 bits per heavy atom. The molecule has 1 aliphatic rings. The Labute approximate surface area is 351 Å². The van der Waals surface area contributed by atoms with Gasteiger partial charge < -0.3 is 39.4 Å². The first-order valence-electron chi connectivity index (χ1n) is 23.4. The Morgan fingerprint density at radius 2 is 0.966 bits per heavy atom. The maximum atomic E-state index is 12.8. The van der Waals surface area contributed by atoms with E-state index in [1.54, 1.807) is 0 Å². The summed E-state index contributed by atoms with van der Waals surface area (Å²) in [6.07, 6.45) is 32.2. The summed E-state index contributed by atoms with van der Waals surface area (Å²) < 4.78 is 21.8. The number of carbonyl (C=O) groups excluding carboxylic acids is 2. The van der Waals surface area contributed by atoms with Crippen LogP contribution in [-0.2, 0) is 33.3 Å². The van der Waals surface area contributed by atoms with Crippen molar-refractivity contribution in [1.82, 2.24) is 0 Å². The molecule has 0 aliphatic carbocycles. The van der Waals surface area contributed by atoms with E-state index < -0.39 is 54.7 Å². The van der Waals surface area contributed by atoms with Crippen molar-refractivity contribution in [2.45, 2.75) is 243 Å². The number of allylic oxidation sites excluding steroid dienone is 4. The number of aliphatic hydroxyl groups is 3. The van der Waals surface area contributed by atoms with Gasteiger partial charge in [-0.1, -0.05) is 173 Å². The van der Waals surface area contributed by atoms with Crippen LogP contribution in [0.1, 0.15) is 206 Å². The van der Waals surface area contributed by atoms with Crippen LogP contribution in [0.4, 0.5) is 0 Å². The van der Waals surface area contributed by atoms with Crippen molar-refractivity contribution in [2.24, 2.45) is 0 Å². The predicted octanol–water partition coefficient (Wildman–Crippen LogP) is 10.2. The molecule has 11 heteroatoms. The van der Waals surface area contributed by atoms with Crippen molar-refractivity contribution in [2.75, 3.05) is 13.2 Å². The van der Waals surface area contributed by atoms with E-state index in [9.17, 15) is 34.8 Å². The highest BCUT2D eigenvalue weighted by Gasteiger charge is 2.47. The molecule has 0 aromatic heterocycles. The zero-order valence-corrected chi connectivity index (χ0v) is 36.5.